The molecule has 2 heterocycles. The summed E-state index contributed by atoms with van der Waals surface area (Å²) in [5.74, 6) is 0.303. The lowest BCUT2D eigenvalue weighted by Gasteiger charge is -2.35. The van der Waals surface area contributed by atoms with Gasteiger partial charge in [0.05, 0.1) is 24.2 Å². The summed E-state index contributed by atoms with van der Waals surface area (Å²) in [6, 6.07) is 20.8. The maximum atomic E-state index is 11.2. The predicted molar refractivity (Wildman–Crippen MR) is 128 cm³/mol. The van der Waals surface area contributed by atoms with Gasteiger partial charge in [0.2, 0.25) is 0 Å². The minimum absolute atomic E-state index is 0.0521. The van der Waals surface area contributed by atoms with Crippen molar-refractivity contribution in [3.63, 3.8) is 0 Å². The van der Waals surface area contributed by atoms with Crippen molar-refractivity contribution in [3.05, 3.63) is 89.1 Å². The number of carboxylic acids is 1. The van der Waals surface area contributed by atoms with Crippen molar-refractivity contribution >= 4 is 17.5 Å². The Kier molecular flexibility index (Phi) is 6.71. The Bertz CT molecular complexity index is 1070. The summed E-state index contributed by atoms with van der Waals surface area (Å²) in [5, 5.41) is 20.1. The molecule has 1 aliphatic heterocycles. The highest BCUT2D eigenvalue weighted by molar-refractivity contribution is 5.71. The molecule has 4 rings (SSSR count). The summed E-state index contributed by atoms with van der Waals surface area (Å²) in [4.78, 5) is 15.7. The molecule has 0 radical (unpaired) electrons. The maximum absolute atomic E-state index is 11.2. The standard InChI is InChI=1S/C26H30N4O2/c1-17-10-11-20(13-21(17)14-24(31)32)18(2)15-29-25(19-7-4-3-5-8-19)23-16-28-22-9-6-12-27-26(22)30-23/h3-13,18,23,25,28-29H,14-16H2,1-2H3,(H,27,30)(H,31,32)/t18-,23+,25+/m0/s1. The molecule has 6 nitrogen and oxygen atoms in total. The fraction of sp³-hybridized carbons (Fsp3) is 0.308. The van der Waals surface area contributed by atoms with E-state index in [0.717, 1.165) is 41.3 Å². The molecule has 0 spiro atoms. The van der Waals surface area contributed by atoms with E-state index in [1.807, 2.05) is 37.3 Å². The van der Waals surface area contributed by atoms with Crippen molar-refractivity contribution < 1.29 is 9.90 Å². The molecule has 0 saturated carbocycles. The number of hydrogen-bond acceptors (Lipinski definition) is 5. The second kappa shape index (κ2) is 9.83. The highest BCUT2D eigenvalue weighted by Gasteiger charge is 2.27. The van der Waals surface area contributed by atoms with Crippen LogP contribution in [0.3, 0.4) is 0 Å². The van der Waals surface area contributed by atoms with E-state index in [1.165, 1.54) is 5.56 Å². The number of hydrogen-bond donors (Lipinski definition) is 4. The van der Waals surface area contributed by atoms with E-state index in [2.05, 4.69) is 58.2 Å². The topological polar surface area (TPSA) is 86.3 Å². The second-order valence-corrected chi connectivity index (χ2v) is 8.49. The number of aryl methyl sites for hydroxylation is 1. The molecule has 0 fully saturated rings. The van der Waals surface area contributed by atoms with E-state index < -0.39 is 5.97 Å². The van der Waals surface area contributed by atoms with Crippen molar-refractivity contribution in [3.8, 4) is 0 Å². The molecule has 166 valence electrons. The number of pyridine rings is 1. The number of carboxylic acid groups (broad SMARTS) is 1. The number of fused-ring (bicyclic) bond motifs is 1. The van der Waals surface area contributed by atoms with E-state index >= 15 is 0 Å². The first-order chi connectivity index (χ1) is 15.5. The van der Waals surface area contributed by atoms with Gasteiger partial charge in [-0.3, -0.25) is 4.79 Å². The molecular weight excluding hydrogens is 400 g/mol. The minimum atomic E-state index is -0.801. The highest BCUT2D eigenvalue weighted by atomic mass is 16.4. The van der Waals surface area contributed by atoms with Crippen molar-refractivity contribution in [1.29, 1.82) is 0 Å². The van der Waals surface area contributed by atoms with Crippen LogP contribution in [0.5, 0.6) is 0 Å². The molecule has 1 aliphatic rings. The van der Waals surface area contributed by atoms with E-state index in [9.17, 15) is 9.90 Å². The van der Waals surface area contributed by atoms with E-state index in [0.29, 0.717) is 0 Å². The van der Waals surface area contributed by atoms with Crippen LogP contribution in [-0.2, 0) is 11.2 Å². The molecule has 0 saturated heterocycles. The Balaban J connectivity index is 1.51. The van der Waals surface area contributed by atoms with Gasteiger partial charge in [-0.1, -0.05) is 55.5 Å². The largest absolute Gasteiger partial charge is 0.481 e. The zero-order chi connectivity index (χ0) is 22.5. The van der Waals surface area contributed by atoms with Gasteiger partial charge in [-0.25, -0.2) is 4.98 Å². The van der Waals surface area contributed by atoms with Gasteiger partial charge in [0, 0.05) is 19.3 Å². The van der Waals surface area contributed by atoms with Crippen molar-refractivity contribution in [1.82, 2.24) is 10.3 Å². The predicted octanol–water partition coefficient (Wildman–Crippen LogP) is 4.36. The molecule has 0 amide bonds. The fourth-order valence-electron chi connectivity index (χ4n) is 4.24. The first kappa shape index (κ1) is 21.8. The molecule has 3 atom stereocenters. The number of aromatic nitrogens is 1. The Hall–Kier alpha value is -3.38. The average molecular weight is 431 g/mol. The first-order valence-electron chi connectivity index (χ1n) is 11.1. The molecule has 6 heteroatoms. The molecule has 4 N–H and O–H groups in total. The Morgan fingerprint density at radius 3 is 2.75 bits per heavy atom. The number of rotatable bonds is 8. The number of carbonyl (C=O) groups is 1. The third-order valence-electron chi connectivity index (χ3n) is 6.13. The van der Waals surface area contributed by atoms with Crippen LogP contribution in [0, 0.1) is 6.92 Å². The Morgan fingerprint density at radius 2 is 1.97 bits per heavy atom. The zero-order valence-corrected chi connectivity index (χ0v) is 18.5. The summed E-state index contributed by atoms with van der Waals surface area (Å²) in [6.07, 6.45) is 1.85. The quantitative estimate of drug-likeness (QED) is 0.425. The Labute approximate surface area is 189 Å². The van der Waals surface area contributed by atoms with Crippen LogP contribution in [0.4, 0.5) is 11.5 Å². The minimum Gasteiger partial charge on any atom is -0.481 e. The summed E-state index contributed by atoms with van der Waals surface area (Å²) >= 11 is 0. The zero-order valence-electron chi connectivity index (χ0n) is 18.5. The molecule has 32 heavy (non-hydrogen) atoms. The van der Waals surface area contributed by atoms with Gasteiger partial charge >= 0.3 is 5.97 Å². The third kappa shape index (κ3) is 5.08. The van der Waals surface area contributed by atoms with Gasteiger partial charge in [-0.2, -0.15) is 0 Å². The van der Waals surface area contributed by atoms with E-state index in [4.69, 9.17) is 0 Å². The van der Waals surface area contributed by atoms with Crippen molar-refractivity contribution in [2.75, 3.05) is 23.7 Å². The molecular formula is C26H30N4O2. The smallest absolute Gasteiger partial charge is 0.307 e. The van der Waals surface area contributed by atoms with Crippen LogP contribution in [0.1, 0.15) is 41.1 Å². The van der Waals surface area contributed by atoms with Gasteiger partial charge < -0.3 is 21.1 Å². The normalized spacial score (nSPS) is 16.9. The molecule has 2 aromatic carbocycles. The molecule has 0 bridgehead atoms. The summed E-state index contributed by atoms with van der Waals surface area (Å²) in [7, 11) is 0. The first-order valence-corrected chi connectivity index (χ1v) is 11.1. The lowest BCUT2D eigenvalue weighted by Crippen LogP contribution is -2.45. The van der Waals surface area contributed by atoms with Gasteiger partial charge in [-0.05, 0) is 47.2 Å². The monoisotopic (exact) mass is 430 g/mol. The Morgan fingerprint density at radius 1 is 1.16 bits per heavy atom. The van der Waals surface area contributed by atoms with Crippen molar-refractivity contribution in [2.24, 2.45) is 0 Å². The number of nitrogens with zero attached hydrogens (tertiary/aromatic N) is 1. The van der Waals surface area contributed by atoms with Gasteiger partial charge in [0.1, 0.15) is 5.82 Å². The van der Waals surface area contributed by atoms with Crippen LogP contribution in [0.25, 0.3) is 0 Å². The fourth-order valence-corrected chi connectivity index (χ4v) is 4.24. The van der Waals surface area contributed by atoms with Crippen molar-refractivity contribution in [2.45, 2.75) is 38.3 Å². The van der Waals surface area contributed by atoms with Gasteiger partial charge in [-0.15, -0.1) is 0 Å². The third-order valence-corrected chi connectivity index (χ3v) is 6.13. The summed E-state index contributed by atoms with van der Waals surface area (Å²) < 4.78 is 0. The van der Waals surface area contributed by atoms with Crippen LogP contribution in [-0.4, -0.2) is 35.2 Å². The maximum Gasteiger partial charge on any atom is 0.307 e. The highest BCUT2D eigenvalue weighted by Crippen LogP contribution is 2.29. The van der Waals surface area contributed by atoms with Gasteiger partial charge in [0.15, 0.2) is 0 Å². The summed E-state index contributed by atoms with van der Waals surface area (Å²) in [5.41, 5.74) is 5.28. The van der Waals surface area contributed by atoms with E-state index in [-0.39, 0.29) is 24.4 Å². The SMILES string of the molecule is Cc1ccc([C@@H](C)CN[C@H](c2ccccc2)[C@H]2CNc3cccnc3N2)cc1CC(=O)O. The molecule has 3 aromatic rings. The lowest BCUT2D eigenvalue weighted by molar-refractivity contribution is -0.136. The number of anilines is 2. The number of aliphatic carboxylic acids is 1. The van der Waals surface area contributed by atoms with E-state index in [1.54, 1.807) is 6.20 Å². The number of nitrogens with one attached hydrogen (secondary N) is 3. The van der Waals surface area contributed by atoms with Gasteiger partial charge in [0.25, 0.3) is 0 Å². The molecule has 0 unspecified atom stereocenters. The lowest BCUT2D eigenvalue weighted by atomic mass is 9.93. The van der Waals surface area contributed by atoms with Crippen LogP contribution < -0.4 is 16.0 Å². The van der Waals surface area contributed by atoms with Crippen LogP contribution in [0.15, 0.2) is 66.9 Å². The summed E-state index contributed by atoms with van der Waals surface area (Å²) in [6.45, 7) is 5.69. The number of benzene rings is 2. The second-order valence-electron chi connectivity index (χ2n) is 8.49. The van der Waals surface area contributed by atoms with Crippen LogP contribution >= 0.6 is 0 Å². The average Bonchev–Trinajstić information content (AvgIpc) is 2.81. The van der Waals surface area contributed by atoms with Crippen LogP contribution in [0.2, 0.25) is 0 Å². The molecule has 1 aromatic heterocycles. The molecule has 0 aliphatic carbocycles.